The van der Waals surface area contributed by atoms with Crippen molar-refractivity contribution in [3.05, 3.63) is 78.1 Å². The number of hydrogen-bond donors (Lipinski definition) is 1. The molecule has 158 valence electrons. The molecule has 1 N–H and O–H groups in total. The molecule has 0 saturated heterocycles. The predicted octanol–water partition coefficient (Wildman–Crippen LogP) is 4.36. The Bertz CT molecular complexity index is 931. The van der Waals surface area contributed by atoms with E-state index in [0.717, 1.165) is 34.1 Å². The lowest BCUT2D eigenvalue weighted by atomic mass is 10.2. The van der Waals surface area contributed by atoms with Crippen molar-refractivity contribution in [3.63, 3.8) is 0 Å². The zero-order valence-electron chi connectivity index (χ0n) is 17.8. The molecule has 3 rings (SSSR count). The second-order valence-corrected chi connectivity index (χ2v) is 7.03. The Labute approximate surface area is 178 Å². The Kier molecular flexibility index (Phi) is 7.92. The Hall–Kier alpha value is -3.25. The number of ether oxygens (including phenoxy) is 3. The van der Waals surface area contributed by atoms with Crippen LogP contribution in [0.1, 0.15) is 11.3 Å². The first-order chi connectivity index (χ1) is 14.6. The van der Waals surface area contributed by atoms with Crippen LogP contribution in [0.15, 0.2) is 66.9 Å². The van der Waals surface area contributed by atoms with Gasteiger partial charge in [0.25, 0.3) is 0 Å². The first-order valence-corrected chi connectivity index (χ1v) is 9.94. The van der Waals surface area contributed by atoms with Gasteiger partial charge in [-0.05, 0) is 42.0 Å². The van der Waals surface area contributed by atoms with Gasteiger partial charge in [0.05, 0.1) is 26.0 Å². The third kappa shape index (κ3) is 6.67. The second kappa shape index (κ2) is 11.1. The highest BCUT2D eigenvalue weighted by molar-refractivity contribution is 5.49. The molecule has 0 atom stereocenters. The molecule has 6 nitrogen and oxygen atoms in total. The van der Waals surface area contributed by atoms with Crippen molar-refractivity contribution in [1.29, 1.82) is 0 Å². The first-order valence-electron chi connectivity index (χ1n) is 9.94. The molecule has 30 heavy (non-hydrogen) atoms. The van der Waals surface area contributed by atoms with Crippen LogP contribution in [0, 0.1) is 0 Å². The summed E-state index contributed by atoms with van der Waals surface area (Å²) in [6.07, 6.45) is 1.79. The van der Waals surface area contributed by atoms with Crippen molar-refractivity contribution in [1.82, 2.24) is 4.98 Å². The Morgan fingerprint density at radius 1 is 0.933 bits per heavy atom. The van der Waals surface area contributed by atoms with Gasteiger partial charge in [0.2, 0.25) is 0 Å². The molecule has 0 fully saturated rings. The molecule has 0 spiro atoms. The summed E-state index contributed by atoms with van der Waals surface area (Å²) in [6, 6.07) is 20.0. The number of nitrogens with one attached hydrogen (secondary N) is 1. The number of aromatic nitrogens is 1. The van der Waals surface area contributed by atoms with Crippen LogP contribution in [0.25, 0.3) is 0 Å². The van der Waals surface area contributed by atoms with Gasteiger partial charge in [-0.25, -0.2) is 0 Å². The van der Waals surface area contributed by atoms with Crippen LogP contribution in [0.2, 0.25) is 0 Å². The van der Waals surface area contributed by atoms with E-state index >= 15 is 0 Å². The summed E-state index contributed by atoms with van der Waals surface area (Å²) in [6.45, 7) is 2.14. The zero-order chi connectivity index (χ0) is 21.2. The van der Waals surface area contributed by atoms with Crippen molar-refractivity contribution in [2.75, 3.05) is 44.6 Å². The standard InChI is InChI=1S/C24H29N3O3/c1-27(2)22-7-5-9-24(16-22)30-13-12-29-18-21-15-20(10-11-25-21)26-17-19-6-4-8-23(14-19)28-3/h4-11,14-16H,12-13,17-18H2,1-3H3,(H,25,26). The minimum absolute atomic E-state index is 0.440. The molecule has 6 heteroatoms. The average molecular weight is 408 g/mol. The van der Waals surface area contributed by atoms with Gasteiger partial charge < -0.3 is 24.4 Å². The third-order valence-electron chi connectivity index (χ3n) is 4.53. The van der Waals surface area contributed by atoms with E-state index in [1.54, 1.807) is 13.3 Å². The van der Waals surface area contributed by atoms with E-state index in [2.05, 4.69) is 16.4 Å². The van der Waals surface area contributed by atoms with E-state index in [0.29, 0.717) is 26.4 Å². The van der Waals surface area contributed by atoms with Gasteiger partial charge >= 0.3 is 0 Å². The number of nitrogens with zero attached hydrogens (tertiary/aromatic N) is 2. The van der Waals surface area contributed by atoms with Crippen LogP contribution in [0.3, 0.4) is 0 Å². The fraction of sp³-hybridized carbons (Fsp3) is 0.292. The zero-order valence-corrected chi connectivity index (χ0v) is 17.8. The largest absolute Gasteiger partial charge is 0.497 e. The SMILES string of the molecule is COc1cccc(CNc2ccnc(COCCOc3cccc(N(C)C)c3)c2)c1. The van der Waals surface area contributed by atoms with Crippen molar-refractivity contribution in [2.45, 2.75) is 13.2 Å². The lowest BCUT2D eigenvalue weighted by molar-refractivity contribution is 0.0870. The molecule has 0 aliphatic rings. The third-order valence-corrected chi connectivity index (χ3v) is 4.53. The Balaban J connectivity index is 1.41. The van der Waals surface area contributed by atoms with Crippen molar-refractivity contribution < 1.29 is 14.2 Å². The number of hydrogen-bond acceptors (Lipinski definition) is 6. The molecule has 0 aliphatic carbocycles. The molecular formula is C24H29N3O3. The van der Waals surface area contributed by atoms with Crippen LogP contribution in [-0.2, 0) is 17.9 Å². The maximum absolute atomic E-state index is 5.77. The molecule has 1 aromatic heterocycles. The summed E-state index contributed by atoms with van der Waals surface area (Å²) >= 11 is 0. The first kappa shape index (κ1) is 21.5. The highest BCUT2D eigenvalue weighted by Crippen LogP contribution is 2.19. The van der Waals surface area contributed by atoms with Gasteiger partial charge in [0.1, 0.15) is 18.1 Å². The number of pyridine rings is 1. The minimum atomic E-state index is 0.440. The molecule has 0 bridgehead atoms. The molecule has 0 unspecified atom stereocenters. The van der Waals surface area contributed by atoms with E-state index in [1.807, 2.05) is 73.6 Å². The molecule has 0 amide bonds. The normalized spacial score (nSPS) is 10.5. The van der Waals surface area contributed by atoms with Crippen molar-refractivity contribution in [2.24, 2.45) is 0 Å². The van der Waals surface area contributed by atoms with E-state index in [9.17, 15) is 0 Å². The smallest absolute Gasteiger partial charge is 0.121 e. The quantitative estimate of drug-likeness (QED) is 0.477. The maximum Gasteiger partial charge on any atom is 0.121 e. The van der Waals surface area contributed by atoms with E-state index in [1.165, 1.54) is 0 Å². The molecule has 3 aromatic rings. The minimum Gasteiger partial charge on any atom is -0.497 e. The number of benzene rings is 2. The van der Waals surface area contributed by atoms with E-state index < -0.39 is 0 Å². The fourth-order valence-electron chi connectivity index (χ4n) is 2.90. The molecule has 2 aromatic carbocycles. The summed E-state index contributed by atoms with van der Waals surface area (Å²) < 4.78 is 16.8. The second-order valence-electron chi connectivity index (χ2n) is 7.03. The van der Waals surface area contributed by atoms with Gasteiger partial charge in [-0.1, -0.05) is 18.2 Å². The van der Waals surface area contributed by atoms with E-state index in [4.69, 9.17) is 14.2 Å². The van der Waals surface area contributed by atoms with Gasteiger partial charge in [-0.3, -0.25) is 4.98 Å². The number of methoxy groups -OCH3 is 1. The Morgan fingerprint density at radius 2 is 1.77 bits per heavy atom. The lowest BCUT2D eigenvalue weighted by Crippen LogP contribution is -2.10. The van der Waals surface area contributed by atoms with Crippen LogP contribution < -0.4 is 19.7 Å². The average Bonchev–Trinajstić information content (AvgIpc) is 2.78. The summed E-state index contributed by atoms with van der Waals surface area (Å²) in [7, 11) is 5.69. The van der Waals surface area contributed by atoms with Gasteiger partial charge in [-0.15, -0.1) is 0 Å². The van der Waals surface area contributed by atoms with Crippen LogP contribution in [0.4, 0.5) is 11.4 Å². The monoisotopic (exact) mass is 407 g/mol. The van der Waals surface area contributed by atoms with Gasteiger partial charge in [0.15, 0.2) is 0 Å². The number of rotatable bonds is 11. The molecule has 1 heterocycles. The highest BCUT2D eigenvalue weighted by Gasteiger charge is 2.02. The predicted molar refractivity (Wildman–Crippen MR) is 120 cm³/mol. The molecule has 0 aliphatic heterocycles. The molecule has 0 saturated carbocycles. The summed E-state index contributed by atoms with van der Waals surface area (Å²) in [5, 5.41) is 3.41. The van der Waals surface area contributed by atoms with Crippen LogP contribution in [-0.4, -0.2) is 39.4 Å². The molecule has 0 radical (unpaired) electrons. The van der Waals surface area contributed by atoms with Crippen molar-refractivity contribution >= 4 is 11.4 Å². The van der Waals surface area contributed by atoms with Crippen LogP contribution >= 0.6 is 0 Å². The van der Waals surface area contributed by atoms with E-state index in [-0.39, 0.29) is 0 Å². The Morgan fingerprint density at radius 3 is 2.60 bits per heavy atom. The number of anilines is 2. The topological polar surface area (TPSA) is 55.9 Å². The van der Waals surface area contributed by atoms with Crippen molar-refractivity contribution in [3.8, 4) is 11.5 Å². The van der Waals surface area contributed by atoms with Gasteiger partial charge in [0, 0.05) is 44.3 Å². The highest BCUT2D eigenvalue weighted by atomic mass is 16.5. The summed E-state index contributed by atoms with van der Waals surface area (Å²) in [5.74, 6) is 1.69. The fourth-order valence-corrected chi connectivity index (χ4v) is 2.90. The summed E-state index contributed by atoms with van der Waals surface area (Å²) in [5.41, 5.74) is 4.14. The van der Waals surface area contributed by atoms with Crippen LogP contribution in [0.5, 0.6) is 11.5 Å². The van der Waals surface area contributed by atoms with Gasteiger partial charge in [-0.2, -0.15) is 0 Å². The summed E-state index contributed by atoms with van der Waals surface area (Å²) in [4.78, 5) is 6.42. The maximum atomic E-state index is 5.77. The lowest BCUT2D eigenvalue weighted by Gasteiger charge is -2.14. The molecular weight excluding hydrogens is 378 g/mol.